The first kappa shape index (κ1) is 19.3. The highest BCUT2D eigenvalue weighted by molar-refractivity contribution is 5.84. The van der Waals surface area contributed by atoms with Gasteiger partial charge in [-0.25, -0.2) is 4.79 Å². The van der Waals surface area contributed by atoms with Gasteiger partial charge in [0, 0.05) is 0 Å². The molecule has 0 spiro atoms. The SMILES string of the molecule is CCC(O)(CC(=O)OC(CC(=O)O)C[N+](C)(C)C)C(=O)O. The number of carbonyl (C=O) groups is 3. The van der Waals surface area contributed by atoms with Crippen LogP contribution in [-0.2, 0) is 19.1 Å². The summed E-state index contributed by atoms with van der Waals surface area (Å²) in [5.74, 6) is -3.56. The fraction of sp³-hybridized carbons (Fsp3) is 0.769. The molecule has 0 bridgehead atoms. The maximum Gasteiger partial charge on any atom is 0.336 e. The Bertz CT molecular complexity index is 402. The third-order valence-corrected chi connectivity index (χ3v) is 2.87. The van der Waals surface area contributed by atoms with Crippen molar-refractivity contribution < 1.29 is 38.9 Å². The van der Waals surface area contributed by atoms with Gasteiger partial charge < -0.3 is 24.5 Å². The van der Waals surface area contributed by atoms with Gasteiger partial charge in [-0.15, -0.1) is 0 Å². The lowest BCUT2D eigenvalue weighted by Gasteiger charge is -2.29. The van der Waals surface area contributed by atoms with Crippen molar-refractivity contribution >= 4 is 17.9 Å². The number of rotatable bonds is 9. The number of carboxylic acids is 2. The summed E-state index contributed by atoms with van der Waals surface area (Å²) in [6, 6.07) is 0. The number of carboxylic acid groups (broad SMARTS) is 2. The molecule has 0 aromatic carbocycles. The molecule has 0 rings (SSSR count). The second-order valence-electron chi connectivity index (χ2n) is 6.05. The zero-order chi connectivity index (χ0) is 16.8. The molecule has 0 fully saturated rings. The molecule has 3 N–H and O–H groups in total. The third-order valence-electron chi connectivity index (χ3n) is 2.87. The van der Waals surface area contributed by atoms with Gasteiger partial charge in [0.25, 0.3) is 0 Å². The molecular formula is C13H24NO7+. The molecule has 0 saturated heterocycles. The number of aliphatic carboxylic acids is 2. The van der Waals surface area contributed by atoms with Crippen LogP contribution in [0.3, 0.4) is 0 Å². The Hall–Kier alpha value is -1.67. The molecule has 2 atom stereocenters. The van der Waals surface area contributed by atoms with Crippen molar-refractivity contribution in [1.82, 2.24) is 0 Å². The Morgan fingerprint density at radius 2 is 1.71 bits per heavy atom. The summed E-state index contributed by atoms with van der Waals surface area (Å²) in [4.78, 5) is 33.5. The highest BCUT2D eigenvalue weighted by atomic mass is 16.5. The van der Waals surface area contributed by atoms with Crippen LogP contribution in [0.5, 0.6) is 0 Å². The normalized spacial score (nSPS) is 15.9. The summed E-state index contributed by atoms with van der Waals surface area (Å²) in [6.45, 7) is 1.69. The molecule has 8 nitrogen and oxygen atoms in total. The number of carbonyl (C=O) groups excluding carboxylic acids is 1. The lowest BCUT2D eigenvalue weighted by molar-refractivity contribution is -0.873. The van der Waals surface area contributed by atoms with Gasteiger partial charge in [-0.2, -0.15) is 0 Å². The first-order valence-electron chi connectivity index (χ1n) is 6.57. The van der Waals surface area contributed by atoms with E-state index in [1.165, 1.54) is 6.92 Å². The molecule has 0 aliphatic rings. The molecule has 0 aliphatic carbocycles. The van der Waals surface area contributed by atoms with Crippen molar-refractivity contribution in [2.45, 2.75) is 37.9 Å². The molecule has 0 saturated carbocycles. The number of esters is 1. The second-order valence-corrected chi connectivity index (χ2v) is 6.05. The Kier molecular flexibility index (Phi) is 6.78. The number of quaternary nitrogens is 1. The van der Waals surface area contributed by atoms with Gasteiger partial charge in [0.1, 0.15) is 6.54 Å². The minimum absolute atomic E-state index is 0.156. The van der Waals surface area contributed by atoms with Crippen LogP contribution in [0.4, 0.5) is 0 Å². The van der Waals surface area contributed by atoms with E-state index in [0.717, 1.165) is 0 Å². The summed E-state index contributed by atoms with van der Waals surface area (Å²) in [6.07, 6.45) is -2.13. The summed E-state index contributed by atoms with van der Waals surface area (Å²) < 4.78 is 5.40. The van der Waals surface area contributed by atoms with Crippen molar-refractivity contribution in [1.29, 1.82) is 0 Å². The van der Waals surface area contributed by atoms with Gasteiger partial charge in [0.05, 0.1) is 34.0 Å². The quantitative estimate of drug-likeness (QED) is 0.395. The van der Waals surface area contributed by atoms with Crippen LogP contribution in [0.25, 0.3) is 0 Å². The monoisotopic (exact) mass is 306 g/mol. The van der Waals surface area contributed by atoms with Gasteiger partial charge in [-0.3, -0.25) is 9.59 Å². The minimum atomic E-state index is -2.19. The Morgan fingerprint density at radius 3 is 2.05 bits per heavy atom. The first-order chi connectivity index (χ1) is 9.39. The highest BCUT2D eigenvalue weighted by Crippen LogP contribution is 2.17. The van der Waals surface area contributed by atoms with Crippen molar-refractivity contribution in [3.05, 3.63) is 0 Å². The van der Waals surface area contributed by atoms with Crippen LogP contribution in [-0.4, -0.2) is 77.1 Å². The summed E-state index contributed by atoms with van der Waals surface area (Å²) >= 11 is 0. The molecule has 21 heavy (non-hydrogen) atoms. The highest BCUT2D eigenvalue weighted by Gasteiger charge is 2.38. The summed E-state index contributed by atoms with van der Waals surface area (Å²) in [7, 11) is 5.42. The van der Waals surface area contributed by atoms with Crippen LogP contribution in [0.2, 0.25) is 0 Å². The number of hydrogen-bond donors (Lipinski definition) is 3. The van der Waals surface area contributed by atoms with Gasteiger partial charge in [0.2, 0.25) is 0 Å². The fourth-order valence-corrected chi connectivity index (χ4v) is 1.77. The number of ether oxygens (including phenoxy) is 1. The van der Waals surface area contributed by atoms with Crippen LogP contribution in [0.15, 0.2) is 0 Å². The van der Waals surface area contributed by atoms with Crippen LogP contribution in [0.1, 0.15) is 26.2 Å². The van der Waals surface area contributed by atoms with E-state index in [0.29, 0.717) is 4.48 Å². The standard InChI is InChI=1S/C13H23NO7/c1-5-13(20,12(18)19)7-11(17)21-9(6-10(15)16)8-14(2,3)4/h9,20H,5-8H2,1-4H3,(H-,15,16,18,19)/p+1. The van der Waals surface area contributed by atoms with E-state index >= 15 is 0 Å². The molecule has 2 unspecified atom stereocenters. The molecule has 0 heterocycles. The molecule has 122 valence electrons. The Labute approximate surface area is 123 Å². The van der Waals surface area contributed by atoms with Crippen LogP contribution < -0.4 is 0 Å². The minimum Gasteiger partial charge on any atom is -0.481 e. The van der Waals surface area contributed by atoms with E-state index in [4.69, 9.17) is 14.9 Å². The predicted molar refractivity (Wildman–Crippen MR) is 72.5 cm³/mol. The number of aliphatic hydroxyl groups is 1. The Balaban J connectivity index is 4.81. The predicted octanol–water partition coefficient (Wildman–Crippen LogP) is -0.305. The Morgan fingerprint density at radius 1 is 1.19 bits per heavy atom. The van der Waals surface area contributed by atoms with Crippen molar-refractivity contribution in [3.63, 3.8) is 0 Å². The molecule has 0 radical (unpaired) electrons. The van der Waals surface area contributed by atoms with Crippen LogP contribution in [0, 0.1) is 0 Å². The zero-order valence-electron chi connectivity index (χ0n) is 12.8. The zero-order valence-corrected chi connectivity index (χ0v) is 12.8. The molecule has 0 aromatic rings. The second kappa shape index (κ2) is 7.37. The van der Waals surface area contributed by atoms with Crippen molar-refractivity contribution in [3.8, 4) is 0 Å². The third kappa shape index (κ3) is 7.62. The number of likely N-dealkylation sites (N-methyl/N-ethyl adjacent to an activating group) is 1. The molecule has 0 amide bonds. The fourth-order valence-electron chi connectivity index (χ4n) is 1.77. The van der Waals surface area contributed by atoms with Crippen molar-refractivity contribution in [2.75, 3.05) is 27.7 Å². The van der Waals surface area contributed by atoms with Gasteiger partial charge in [0.15, 0.2) is 11.7 Å². The van der Waals surface area contributed by atoms with Gasteiger partial charge in [-0.1, -0.05) is 6.92 Å². The average molecular weight is 306 g/mol. The average Bonchev–Trinajstić information content (AvgIpc) is 2.24. The van der Waals surface area contributed by atoms with Crippen molar-refractivity contribution in [2.24, 2.45) is 0 Å². The van der Waals surface area contributed by atoms with E-state index in [2.05, 4.69) is 0 Å². The smallest absolute Gasteiger partial charge is 0.336 e. The first-order valence-corrected chi connectivity index (χ1v) is 6.57. The summed E-state index contributed by atoms with van der Waals surface area (Å²) in [5.41, 5.74) is -2.19. The van der Waals surface area contributed by atoms with E-state index < -0.39 is 36.0 Å². The largest absolute Gasteiger partial charge is 0.481 e. The van der Waals surface area contributed by atoms with Gasteiger partial charge in [-0.05, 0) is 6.42 Å². The topological polar surface area (TPSA) is 121 Å². The van der Waals surface area contributed by atoms with Crippen LogP contribution >= 0.6 is 0 Å². The lowest BCUT2D eigenvalue weighted by Crippen LogP contribution is -2.45. The maximum atomic E-state index is 11.8. The maximum absolute atomic E-state index is 11.8. The number of nitrogens with zero attached hydrogens (tertiary/aromatic N) is 1. The van der Waals surface area contributed by atoms with Gasteiger partial charge >= 0.3 is 17.9 Å². The van der Waals surface area contributed by atoms with E-state index in [1.54, 1.807) is 0 Å². The lowest BCUT2D eigenvalue weighted by atomic mass is 9.97. The number of hydrogen-bond acceptors (Lipinski definition) is 5. The molecule has 0 aromatic heterocycles. The molecular weight excluding hydrogens is 282 g/mol. The summed E-state index contributed by atoms with van der Waals surface area (Å²) in [5, 5.41) is 27.5. The van der Waals surface area contributed by atoms with E-state index in [9.17, 15) is 19.5 Å². The van der Waals surface area contributed by atoms with E-state index in [1.807, 2.05) is 21.1 Å². The molecule has 0 aliphatic heterocycles. The molecule has 8 heteroatoms. The van der Waals surface area contributed by atoms with E-state index in [-0.39, 0.29) is 19.4 Å².